The summed E-state index contributed by atoms with van der Waals surface area (Å²) in [7, 11) is 1.32. The van der Waals surface area contributed by atoms with Crippen LogP contribution in [0.4, 0.5) is 16.2 Å². The second-order valence-corrected chi connectivity index (χ2v) is 6.05. The van der Waals surface area contributed by atoms with E-state index in [-0.39, 0.29) is 0 Å². The molecule has 0 aliphatic heterocycles. The van der Waals surface area contributed by atoms with Crippen molar-refractivity contribution >= 4 is 45.2 Å². The van der Waals surface area contributed by atoms with Gasteiger partial charge in [0.1, 0.15) is 0 Å². The first-order valence-electron chi connectivity index (χ1n) is 8.54. The van der Waals surface area contributed by atoms with E-state index in [9.17, 15) is 9.59 Å². The number of methoxy groups -OCH3 is 1. The van der Waals surface area contributed by atoms with Gasteiger partial charge in [-0.05, 0) is 48.5 Å². The fraction of sp³-hybridized carbons (Fsp3) is 0.0476. The number of nitrogens with one attached hydrogen (secondary N) is 2. The monoisotopic (exact) mass is 372 g/mol. The van der Waals surface area contributed by atoms with Crippen LogP contribution in [0.15, 0.2) is 67.0 Å². The summed E-state index contributed by atoms with van der Waals surface area (Å²) < 4.78 is 4.66. The zero-order chi connectivity index (χ0) is 19.5. The highest BCUT2D eigenvalue weighted by atomic mass is 16.5. The maximum Gasteiger partial charge on any atom is 0.337 e. The van der Waals surface area contributed by atoms with Crippen LogP contribution in [0, 0.1) is 0 Å². The smallest absolute Gasteiger partial charge is 0.337 e. The number of aromatic nitrogens is 2. The number of amides is 2. The molecule has 0 atom stereocenters. The van der Waals surface area contributed by atoms with Crippen LogP contribution < -0.4 is 10.6 Å². The largest absolute Gasteiger partial charge is 0.465 e. The van der Waals surface area contributed by atoms with Crippen LogP contribution in [0.1, 0.15) is 10.4 Å². The number of nitrogens with zero attached hydrogens (tertiary/aromatic N) is 2. The van der Waals surface area contributed by atoms with Crippen LogP contribution >= 0.6 is 0 Å². The summed E-state index contributed by atoms with van der Waals surface area (Å²) in [6.07, 6.45) is 3.41. The van der Waals surface area contributed by atoms with Gasteiger partial charge in [-0.25, -0.2) is 9.59 Å². The summed E-state index contributed by atoms with van der Waals surface area (Å²) in [5, 5.41) is 7.29. The number of esters is 1. The van der Waals surface area contributed by atoms with Crippen molar-refractivity contribution < 1.29 is 14.3 Å². The third-order valence-corrected chi connectivity index (χ3v) is 4.27. The number of urea groups is 1. The Balaban J connectivity index is 1.60. The van der Waals surface area contributed by atoms with E-state index in [1.54, 1.807) is 36.7 Å². The first kappa shape index (κ1) is 17.4. The van der Waals surface area contributed by atoms with E-state index in [0.717, 1.165) is 21.8 Å². The van der Waals surface area contributed by atoms with Crippen LogP contribution in [-0.2, 0) is 4.74 Å². The lowest BCUT2D eigenvalue weighted by molar-refractivity contribution is 0.0600. The summed E-state index contributed by atoms with van der Waals surface area (Å²) in [6.45, 7) is 0. The lowest BCUT2D eigenvalue weighted by Gasteiger charge is -2.12. The molecule has 0 unspecified atom stereocenters. The second kappa shape index (κ2) is 7.32. The summed E-state index contributed by atoms with van der Waals surface area (Å²) in [6, 6.07) is 15.4. The Morgan fingerprint density at radius 2 is 1.61 bits per heavy atom. The van der Waals surface area contributed by atoms with E-state index >= 15 is 0 Å². The molecule has 0 fully saturated rings. The molecule has 2 aromatic heterocycles. The van der Waals surface area contributed by atoms with Crippen molar-refractivity contribution in [3.63, 3.8) is 0 Å². The first-order valence-corrected chi connectivity index (χ1v) is 8.54. The van der Waals surface area contributed by atoms with Gasteiger partial charge in [0.25, 0.3) is 0 Å². The molecule has 0 aliphatic carbocycles. The summed E-state index contributed by atoms with van der Waals surface area (Å²) in [5.74, 6) is -0.431. The number of hydrogen-bond donors (Lipinski definition) is 2. The summed E-state index contributed by atoms with van der Waals surface area (Å²) >= 11 is 0. The van der Waals surface area contributed by atoms with Crippen molar-refractivity contribution in [2.75, 3.05) is 17.7 Å². The Morgan fingerprint density at radius 3 is 2.36 bits per heavy atom. The van der Waals surface area contributed by atoms with Gasteiger partial charge in [0, 0.05) is 28.9 Å². The highest BCUT2D eigenvalue weighted by Gasteiger charge is 2.11. The molecule has 138 valence electrons. The number of ether oxygens (including phenoxy) is 1. The number of carbonyl (C=O) groups excluding carboxylic acids is 2. The standard InChI is InChI=1S/C21H16N4O3/c1-28-20(26)13-6-8-15(9-7-13)24-21(27)25-17-12-14-4-2-10-22-18(14)19-16(17)5-3-11-23-19/h2-12H,1H3,(H2,24,25,27). The number of fused-ring (bicyclic) bond motifs is 3. The number of benzene rings is 2. The SMILES string of the molecule is COC(=O)c1ccc(NC(=O)Nc2cc3cccnc3c3ncccc23)cc1. The Hall–Kier alpha value is -4.00. The predicted molar refractivity (Wildman–Crippen MR) is 107 cm³/mol. The molecular formula is C21H16N4O3. The molecule has 0 bridgehead atoms. The summed E-state index contributed by atoms with van der Waals surface area (Å²) in [4.78, 5) is 32.8. The van der Waals surface area contributed by atoms with Gasteiger partial charge in [-0.2, -0.15) is 0 Å². The molecule has 7 heteroatoms. The number of pyridine rings is 2. The lowest BCUT2D eigenvalue weighted by atomic mass is 10.1. The minimum Gasteiger partial charge on any atom is -0.465 e. The fourth-order valence-corrected chi connectivity index (χ4v) is 2.97. The van der Waals surface area contributed by atoms with Crippen LogP contribution in [-0.4, -0.2) is 29.1 Å². The molecule has 28 heavy (non-hydrogen) atoms. The van der Waals surface area contributed by atoms with Crippen LogP contribution in [0.25, 0.3) is 21.8 Å². The van der Waals surface area contributed by atoms with Crippen LogP contribution in [0.2, 0.25) is 0 Å². The maximum atomic E-state index is 12.5. The minimum atomic E-state index is -0.431. The highest BCUT2D eigenvalue weighted by molar-refractivity contribution is 6.13. The molecule has 2 heterocycles. The lowest BCUT2D eigenvalue weighted by Crippen LogP contribution is -2.19. The van der Waals surface area contributed by atoms with Crippen LogP contribution in [0.5, 0.6) is 0 Å². The number of anilines is 2. The molecule has 0 aliphatic rings. The molecule has 7 nitrogen and oxygen atoms in total. The van der Waals surface area contributed by atoms with Gasteiger partial charge in [0.2, 0.25) is 0 Å². The molecule has 0 saturated carbocycles. The molecule has 4 aromatic rings. The zero-order valence-corrected chi connectivity index (χ0v) is 15.0. The molecule has 2 amide bonds. The van der Waals surface area contributed by atoms with E-state index in [2.05, 4.69) is 25.3 Å². The molecule has 2 aromatic carbocycles. The van der Waals surface area contributed by atoms with E-state index in [0.29, 0.717) is 16.9 Å². The predicted octanol–water partition coefficient (Wildman–Crippen LogP) is 4.21. The minimum absolute atomic E-state index is 0.404. The molecule has 0 spiro atoms. The van der Waals surface area contributed by atoms with Crippen molar-refractivity contribution in [2.45, 2.75) is 0 Å². The maximum absolute atomic E-state index is 12.5. The third kappa shape index (κ3) is 3.33. The van der Waals surface area contributed by atoms with Gasteiger partial charge < -0.3 is 15.4 Å². The van der Waals surface area contributed by atoms with Crippen LogP contribution in [0.3, 0.4) is 0 Å². The Labute approximate surface area is 160 Å². The van der Waals surface area contributed by atoms with E-state index in [1.807, 2.05) is 30.3 Å². The van der Waals surface area contributed by atoms with Gasteiger partial charge in [-0.15, -0.1) is 0 Å². The number of rotatable bonds is 3. The third-order valence-electron chi connectivity index (χ3n) is 4.27. The molecule has 4 rings (SSSR count). The van der Waals surface area contributed by atoms with E-state index < -0.39 is 12.0 Å². The van der Waals surface area contributed by atoms with Gasteiger partial charge in [-0.1, -0.05) is 6.07 Å². The number of carbonyl (C=O) groups is 2. The fourth-order valence-electron chi connectivity index (χ4n) is 2.97. The topological polar surface area (TPSA) is 93.2 Å². The number of hydrogen-bond acceptors (Lipinski definition) is 5. The second-order valence-electron chi connectivity index (χ2n) is 6.05. The quantitative estimate of drug-likeness (QED) is 0.415. The highest BCUT2D eigenvalue weighted by Crippen LogP contribution is 2.29. The summed E-state index contributed by atoms with van der Waals surface area (Å²) in [5.41, 5.74) is 3.09. The van der Waals surface area contributed by atoms with Gasteiger partial charge in [-0.3, -0.25) is 9.97 Å². The molecular weight excluding hydrogens is 356 g/mol. The zero-order valence-electron chi connectivity index (χ0n) is 15.0. The van der Waals surface area contributed by atoms with Crippen molar-refractivity contribution in [3.05, 3.63) is 72.6 Å². The van der Waals surface area contributed by atoms with Crippen molar-refractivity contribution in [1.82, 2.24) is 9.97 Å². The van der Waals surface area contributed by atoms with Gasteiger partial charge in [0.05, 0.1) is 29.4 Å². The van der Waals surface area contributed by atoms with E-state index in [4.69, 9.17) is 0 Å². The molecule has 0 radical (unpaired) electrons. The Bertz CT molecular complexity index is 1190. The van der Waals surface area contributed by atoms with Crippen molar-refractivity contribution in [2.24, 2.45) is 0 Å². The average Bonchev–Trinajstić information content (AvgIpc) is 2.74. The Kier molecular flexibility index (Phi) is 4.55. The average molecular weight is 372 g/mol. The molecule has 0 saturated heterocycles. The normalized spacial score (nSPS) is 10.6. The van der Waals surface area contributed by atoms with Gasteiger partial charge >= 0.3 is 12.0 Å². The first-order chi connectivity index (χ1) is 13.7. The van der Waals surface area contributed by atoms with Crippen molar-refractivity contribution in [3.8, 4) is 0 Å². The molecule has 2 N–H and O–H groups in total. The Morgan fingerprint density at radius 1 is 0.893 bits per heavy atom. The van der Waals surface area contributed by atoms with Crippen molar-refractivity contribution in [1.29, 1.82) is 0 Å². The van der Waals surface area contributed by atoms with Gasteiger partial charge in [0.15, 0.2) is 0 Å². The van der Waals surface area contributed by atoms with E-state index in [1.165, 1.54) is 7.11 Å².